The molecule has 3 atom stereocenters. The molecule has 1 aliphatic carbocycles. The molecule has 2 aromatic carbocycles. The highest BCUT2D eigenvalue weighted by Gasteiger charge is 2.41. The normalized spacial score (nSPS) is 19.1. The number of para-hydroxylation sites is 1. The molecule has 3 rings (SSSR count). The largest absolute Gasteiger partial charge is 0.457 e. The fourth-order valence-electron chi connectivity index (χ4n) is 2.94. The summed E-state index contributed by atoms with van der Waals surface area (Å²) in [4.78, 5) is 12.5. The van der Waals surface area contributed by atoms with E-state index in [-0.39, 0.29) is 24.0 Å². The zero-order valence-corrected chi connectivity index (χ0v) is 17.1. The number of nitriles is 1. The summed E-state index contributed by atoms with van der Waals surface area (Å²) in [6.07, 6.45) is 3.09. The van der Waals surface area contributed by atoms with E-state index in [9.17, 15) is 10.1 Å². The van der Waals surface area contributed by atoms with E-state index in [4.69, 9.17) is 4.74 Å². The lowest BCUT2D eigenvalue weighted by molar-refractivity contribution is -0.120. The van der Waals surface area contributed by atoms with Crippen LogP contribution in [0.5, 0.6) is 11.5 Å². The number of halogens is 2. The minimum absolute atomic E-state index is 0.0275. The second-order valence-electron chi connectivity index (χ2n) is 6.30. The first kappa shape index (κ1) is 18.9. The highest BCUT2D eigenvalue weighted by molar-refractivity contribution is 9.28. The maximum absolute atomic E-state index is 12.5. The van der Waals surface area contributed by atoms with Crippen molar-refractivity contribution in [2.75, 3.05) is 0 Å². The second-order valence-corrected chi connectivity index (χ2v) is 9.07. The molecule has 26 heavy (non-hydrogen) atoms. The number of allylic oxidation sites excluding steroid dienone is 1. The molecule has 0 bridgehead atoms. The maximum Gasteiger partial charge on any atom is 0.138 e. The quantitative estimate of drug-likeness (QED) is 0.472. The fourth-order valence-corrected chi connectivity index (χ4v) is 3.62. The Kier molecular flexibility index (Phi) is 6.29. The van der Waals surface area contributed by atoms with Gasteiger partial charge in [-0.2, -0.15) is 5.26 Å². The smallest absolute Gasteiger partial charge is 0.138 e. The number of carbonyl (C=O) groups excluding carboxylic acids is 1. The zero-order valence-electron chi connectivity index (χ0n) is 13.9. The van der Waals surface area contributed by atoms with E-state index in [1.54, 1.807) is 0 Å². The Labute approximate surface area is 169 Å². The number of ketones is 1. The third-order valence-corrected chi connectivity index (χ3v) is 4.92. The van der Waals surface area contributed by atoms with Crippen molar-refractivity contribution in [1.82, 2.24) is 0 Å². The lowest BCUT2D eigenvalue weighted by Gasteiger charge is -2.11. The van der Waals surface area contributed by atoms with Gasteiger partial charge >= 0.3 is 0 Å². The number of hydrogen-bond acceptors (Lipinski definition) is 3. The van der Waals surface area contributed by atoms with Gasteiger partial charge in [-0.05, 0) is 74.0 Å². The summed E-state index contributed by atoms with van der Waals surface area (Å²) >= 11 is 6.66. The van der Waals surface area contributed by atoms with Gasteiger partial charge in [-0.15, -0.1) is 0 Å². The Balaban J connectivity index is 1.67. The van der Waals surface area contributed by atoms with Gasteiger partial charge in [0.2, 0.25) is 0 Å². The highest BCUT2D eigenvalue weighted by atomic mass is 79.9. The number of benzene rings is 2. The molecule has 0 aliphatic heterocycles. The summed E-state index contributed by atoms with van der Waals surface area (Å²) in [6.45, 7) is 0. The summed E-state index contributed by atoms with van der Waals surface area (Å²) < 4.78 is 6.70. The Morgan fingerprint density at radius 3 is 2.62 bits per heavy atom. The van der Waals surface area contributed by atoms with Crippen molar-refractivity contribution < 1.29 is 9.53 Å². The summed E-state index contributed by atoms with van der Waals surface area (Å²) in [5.74, 6) is 1.38. The molecule has 0 amide bonds. The molecule has 1 saturated carbocycles. The minimum Gasteiger partial charge on any atom is -0.457 e. The van der Waals surface area contributed by atoms with Crippen LogP contribution < -0.4 is 4.74 Å². The number of Topliss-reactive ketones (excluding diaryl/α,β-unsaturated/α-hetero) is 1. The molecule has 0 heterocycles. The predicted octanol–water partition coefficient (Wildman–Crippen LogP) is 6.31. The lowest BCUT2D eigenvalue weighted by Crippen LogP contribution is -2.08. The maximum atomic E-state index is 12.5. The van der Waals surface area contributed by atoms with Crippen LogP contribution in [0.4, 0.5) is 0 Å². The van der Waals surface area contributed by atoms with Gasteiger partial charge in [0.1, 0.15) is 17.3 Å². The van der Waals surface area contributed by atoms with Crippen LogP contribution in [0.15, 0.2) is 64.1 Å². The Morgan fingerprint density at radius 1 is 1.19 bits per heavy atom. The van der Waals surface area contributed by atoms with Crippen LogP contribution in [-0.2, 0) is 4.79 Å². The molecule has 0 radical (unpaired) electrons. The summed E-state index contributed by atoms with van der Waals surface area (Å²) in [5.41, 5.74) is 0.809. The monoisotopic (exact) mass is 473 g/mol. The van der Waals surface area contributed by atoms with Crippen molar-refractivity contribution in [2.24, 2.45) is 11.8 Å². The molecule has 132 valence electrons. The lowest BCUT2D eigenvalue weighted by atomic mass is 9.93. The summed E-state index contributed by atoms with van der Waals surface area (Å²) in [5, 5.41) is 9.55. The van der Waals surface area contributed by atoms with Gasteiger partial charge in [-0.25, -0.2) is 0 Å². The van der Waals surface area contributed by atoms with Crippen LogP contribution in [-0.4, -0.2) is 5.78 Å². The molecule has 0 unspecified atom stereocenters. The third kappa shape index (κ3) is 5.06. The van der Waals surface area contributed by atoms with Gasteiger partial charge in [0, 0.05) is 12.3 Å². The predicted molar refractivity (Wildman–Crippen MR) is 108 cm³/mol. The van der Waals surface area contributed by atoms with Crippen molar-refractivity contribution >= 4 is 37.6 Å². The summed E-state index contributed by atoms with van der Waals surface area (Å²) in [7, 11) is 0. The number of rotatable bonds is 7. The standard InChI is InChI=1S/C21H17Br2NO2/c22-21(23)12-15-10-19(15)20(25)11-16(13-24)14-5-4-8-18(9-14)26-17-6-2-1-3-7-17/h1-9,12,15-16,19H,10-11H2/t15-,16+,19-/m0/s1. The SMILES string of the molecule is N#C[C@@H](CC(=O)[C@H]1C[C@H]1C=C(Br)Br)c1cccc(Oc2ccccc2)c1. The molecule has 3 nitrogen and oxygen atoms in total. The van der Waals surface area contributed by atoms with Crippen LogP contribution in [0, 0.1) is 23.2 Å². The average Bonchev–Trinajstić information content (AvgIpc) is 3.39. The molecule has 0 spiro atoms. The fraction of sp³-hybridized carbons (Fsp3) is 0.238. The van der Waals surface area contributed by atoms with Gasteiger partial charge in [0.15, 0.2) is 0 Å². The summed E-state index contributed by atoms with van der Waals surface area (Å²) in [6, 6.07) is 19.2. The van der Waals surface area contributed by atoms with Crippen molar-refractivity contribution in [3.63, 3.8) is 0 Å². The van der Waals surface area contributed by atoms with E-state index >= 15 is 0 Å². The van der Waals surface area contributed by atoms with Crippen molar-refractivity contribution in [2.45, 2.75) is 18.8 Å². The van der Waals surface area contributed by atoms with E-state index in [2.05, 4.69) is 37.9 Å². The van der Waals surface area contributed by atoms with Gasteiger partial charge < -0.3 is 4.74 Å². The van der Waals surface area contributed by atoms with Crippen LogP contribution in [0.2, 0.25) is 0 Å². The van der Waals surface area contributed by atoms with Crippen molar-refractivity contribution in [3.8, 4) is 17.6 Å². The van der Waals surface area contributed by atoms with Crippen molar-refractivity contribution in [1.29, 1.82) is 5.26 Å². The molecule has 0 N–H and O–H groups in total. The number of ether oxygens (including phenoxy) is 1. The number of carbonyl (C=O) groups is 1. The average molecular weight is 475 g/mol. The van der Waals surface area contributed by atoms with Gasteiger partial charge in [0.25, 0.3) is 0 Å². The molecule has 2 aromatic rings. The van der Waals surface area contributed by atoms with Crippen molar-refractivity contribution in [3.05, 3.63) is 69.6 Å². The van der Waals surface area contributed by atoms with Gasteiger partial charge in [-0.1, -0.05) is 36.4 Å². The molecular weight excluding hydrogens is 458 g/mol. The van der Waals surface area contributed by atoms with Crippen LogP contribution in [0.3, 0.4) is 0 Å². The van der Waals surface area contributed by atoms with Crippen LogP contribution >= 0.6 is 31.9 Å². The first-order chi connectivity index (χ1) is 12.6. The third-order valence-electron chi connectivity index (χ3n) is 4.39. The van der Waals surface area contributed by atoms with Gasteiger partial charge in [-0.3, -0.25) is 4.79 Å². The molecule has 1 aliphatic rings. The number of nitrogens with zero attached hydrogens (tertiary/aromatic N) is 1. The first-order valence-electron chi connectivity index (χ1n) is 8.35. The second kappa shape index (κ2) is 8.66. The molecule has 1 fully saturated rings. The van der Waals surface area contributed by atoms with Crippen LogP contribution in [0.25, 0.3) is 0 Å². The highest BCUT2D eigenvalue weighted by Crippen LogP contribution is 2.44. The van der Waals surface area contributed by atoms with E-state index < -0.39 is 5.92 Å². The van der Waals surface area contributed by atoms with Gasteiger partial charge in [0.05, 0.1) is 15.4 Å². The molecule has 0 aromatic heterocycles. The molecule has 0 saturated heterocycles. The topological polar surface area (TPSA) is 50.1 Å². The molecule has 5 heteroatoms. The zero-order chi connectivity index (χ0) is 18.5. The Hall–Kier alpha value is -1.90. The minimum atomic E-state index is -0.459. The molecular formula is C21H17Br2NO2. The van der Waals surface area contributed by atoms with Crippen LogP contribution in [0.1, 0.15) is 24.3 Å². The first-order valence-corrected chi connectivity index (χ1v) is 9.93. The number of hydrogen-bond donors (Lipinski definition) is 0. The van der Waals surface area contributed by atoms with E-state index in [0.29, 0.717) is 5.75 Å². The van der Waals surface area contributed by atoms with E-state index in [1.807, 2.05) is 60.7 Å². The Morgan fingerprint density at radius 2 is 1.92 bits per heavy atom. The Bertz CT molecular complexity index is 854. The van der Waals surface area contributed by atoms with E-state index in [0.717, 1.165) is 21.1 Å². The van der Waals surface area contributed by atoms with E-state index in [1.165, 1.54) is 0 Å².